The number of hydrogen-bond acceptors (Lipinski definition) is 5. The fourth-order valence-corrected chi connectivity index (χ4v) is 5.06. The van der Waals surface area contributed by atoms with Gasteiger partial charge >= 0.3 is 0 Å². The van der Waals surface area contributed by atoms with E-state index in [-0.39, 0.29) is 12.1 Å². The average molecular weight is 391 g/mol. The molecule has 6 nitrogen and oxygen atoms in total. The van der Waals surface area contributed by atoms with E-state index in [0.29, 0.717) is 24.9 Å². The quantitative estimate of drug-likeness (QED) is 0.347. The van der Waals surface area contributed by atoms with Crippen LogP contribution in [0.1, 0.15) is 70.8 Å². The molecule has 1 aliphatic heterocycles. The van der Waals surface area contributed by atoms with E-state index in [2.05, 4.69) is 55.8 Å². The fourth-order valence-electron chi connectivity index (χ4n) is 5.06. The molecule has 0 bridgehead atoms. The van der Waals surface area contributed by atoms with Gasteiger partial charge in [0, 0.05) is 24.3 Å². The molecule has 6 heteroatoms. The van der Waals surface area contributed by atoms with Crippen LogP contribution in [0.4, 0.5) is 5.69 Å². The summed E-state index contributed by atoms with van der Waals surface area (Å²) in [6.07, 6.45) is 6.31. The lowest BCUT2D eigenvalue weighted by Crippen LogP contribution is -2.54. The van der Waals surface area contributed by atoms with Crippen molar-refractivity contribution in [2.24, 2.45) is 11.8 Å². The summed E-state index contributed by atoms with van der Waals surface area (Å²) >= 11 is 0. The molecule has 1 aliphatic carbocycles. The Morgan fingerprint density at radius 3 is 2.71 bits per heavy atom. The van der Waals surface area contributed by atoms with Gasteiger partial charge in [0.25, 0.3) is 5.09 Å². The zero-order valence-electron chi connectivity index (χ0n) is 17.6. The van der Waals surface area contributed by atoms with Crippen molar-refractivity contribution >= 4 is 5.69 Å². The Morgan fingerprint density at radius 1 is 1.21 bits per heavy atom. The molecule has 1 aromatic rings. The lowest BCUT2D eigenvalue weighted by Gasteiger charge is -2.54. The number of unbranched alkanes of at least 4 members (excludes halogenated alkanes) is 2. The molecule has 0 N–H and O–H groups in total. The molecule has 28 heavy (non-hydrogen) atoms. The summed E-state index contributed by atoms with van der Waals surface area (Å²) in [5.41, 5.74) is 2.92. The number of fused-ring (bicyclic) bond motifs is 3. The Labute approximate surface area is 168 Å². The Kier molecular flexibility index (Phi) is 6.36. The molecule has 0 amide bonds. The smallest absolute Gasteiger partial charge is 0.294 e. The van der Waals surface area contributed by atoms with Crippen LogP contribution in [0.3, 0.4) is 0 Å². The highest BCUT2D eigenvalue weighted by atomic mass is 16.9. The van der Waals surface area contributed by atoms with E-state index in [0.717, 1.165) is 24.5 Å². The largest absolute Gasteiger partial charge is 0.494 e. The Bertz CT molecular complexity index is 691. The van der Waals surface area contributed by atoms with Gasteiger partial charge in [0.15, 0.2) is 0 Å². The predicted octanol–water partition coefficient (Wildman–Crippen LogP) is 5.19. The molecular weight excluding hydrogens is 356 g/mol. The van der Waals surface area contributed by atoms with E-state index in [4.69, 9.17) is 4.74 Å². The highest BCUT2D eigenvalue weighted by Gasteiger charge is 2.46. The maximum absolute atomic E-state index is 10.1. The number of hydrogen-bond donors (Lipinski definition) is 0. The van der Waals surface area contributed by atoms with Gasteiger partial charge in [0.2, 0.25) is 0 Å². The molecular formula is C22H34N2O4. The third kappa shape index (κ3) is 4.36. The Hall–Kier alpha value is -1.98. The van der Waals surface area contributed by atoms with E-state index in [1.165, 1.54) is 30.5 Å². The summed E-state index contributed by atoms with van der Waals surface area (Å²) in [4.78, 5) is 16.9. The predicted molar refractivity (Wildman–Crippen MR) is 110 cm³/mol. The van der Waals surface area contributed by atoms with Crippen LogP contribution >= 0.6 is 0 Å². The Balaban J connectivity index is 1.62. The van der Waals surface area contributed by atoms with Crippen LogP contribution < -0.4 is 9.64 Å². The van der Waals surface area contributed by atoms with E-state index in [9.17, 15) is 10.1 Å². The molecule has 1 saturated carbocycles. The van der Waals surface area contributed by atoms with Crippen molar-refractivity contribution in [2.75, 3.05) is 25.2 Å². The first-order valence-corrected chi connectivity index (χ1v) is 10.6. The molecule has 3 rings (SSSR count). The van der Waals surface area contributed by atoms with Gasteiger partial charge in [0.1, 0.15) is 5.75 Å². The second kappa shape index (κ2) is 8.58. The van der Waals surface area contributed by atoms with E-state index >= 15 is 0 Å². The summed E-state index contributed by atoms with van der Waals surface area (Å²) in [6.45, 7) is 7.92. The van der Waals surface area contributed by atoms with Gasteiger partial charge in [-0.25, -0.2) is 0 Å². The molecule has 1 heterocycles. The molecule has 0 unspecified atom stereocenters. The van der Waals surface area contributed by atoms with Gasteiger partial charge in [-0.05, 0) is 75.3 Å². The van der Waals surface area contributed by atoms with Gasteiger partial charge in [-0.1, -0.05) is 19.4 Å². The second-order valence-electron chi connectivity index (χ2n) is 9.03. The zero-order chi connectivity index (χ0) is 20.3. The van der Waals surface area contributed by atoms with Crippen molar-refractivity contribution in [2.45, 2.75) is 70.8 Å². The molecule has 2 aliphatic rings. The minimum Gasteiger partial charge on any atom is -0.494 e. The van der Waals surface area contributed by atoms with Crippen molar-refractivity contribution in [3.63, 3.8) is 0 Å². The van der Waals surface area contributed by atoms with Crippen molar-refractivity contribution in [1.82, 2.24) is 0 Å². The standard InChI is InChI=1S/C22H34N2O4/c1-16-8-11-20-19(14-16)18-10-9-17(15-21(18)23(4)22(20,2)3)27-12-6-5-7-13-28-24(25)26/h9-10,15-16,19-20H,5-8,11-14H2,1-4H3/t16-,19+,20-/m1/s1. The summed E-state index contributed by atoms with van der Waals surface area (Å²) in [5, 5.41) is 9.39. The van der Waals surface area contributed by atoms with E-state index < -0.39 is 5.09 Å². The number of rotatable bonds is 8. The van der Waals surface area contributed by atoms with Crippen LogP contribution in [0.25, 0.3) is 0 Å². The lowest BCUT2D eigenvalue weighted by molar-refractivity contribution is -0.757. The summed E-state index contributed by atoms with van der Waals surface area (Å²) in [5.74, 6) is 3.05. The molecule has 0 spiro atoms. The van der Waals surface area contributed by atoms with Crippen molar-refractivity contribution < 1.29 is 14.7 Å². The van der Waals surface area contributed by atoms with Crippen LogP contribution in [-0.2, 0) is 4.84 Å². The molecule has 156 valence electrons. The van der Waals surface area contributed by atoms with Gasteiger partial charge in [0.05, 0.1) is 13.2 Å². The van der Waals surface area contributed by atoms with Crippen molar-refractivity contribution in [1.29, 1.82) is 0 Å². The minimum atomic E-state index is -0.737. The van der Waals surface area contributed by atoms with Crippen LogP contribution in [-0.4, -0.2) is 30.9 Å². The van der Waals surface area contributed by atoms with Gasteiger partial charge in [-0.15, -0.1) is 10.1 Å². The molecule has 1 fully saturated rings. The van der Waals surface area contributed by atoms with Crippen LogP contribution in [0, 0.1) is 22.0 Å². The van der Waals surface area contributed by atoms with E-state index in [1.54, 1.807) is 0 Å². The van der Waals surface area contributed by atoms with Crippen molar-refractivity contribution in [3.05, 3.63) is 33.9 Å². The number of benzene rings is 1. The number of ether oxygens (including phenoxy) is 1. The van der Waals surface area contributed by atoms with Gasteiger partial charge in [-0.2, -0.15) is 0 Å². The van der Waals surface area contributed by atoms with Crippen LogP contribution in [0.5, 0.6) is 5.75 Å². The Morgan fingerprint density at radius 2 is 1.96 bits per heavy atom. The molecule has 1 aromatic carbocycles. The second-order valence-corrected chi connectivity index (χ2v) is 9.03. The minimum absolute atomic E-state index is 0.146. The third-order valence-electron chi connectivity index (χ3n) is 6.90. The number of anilines is 1. The molecule has 0 aromatic heterocycles. The highest BCUT2D eigenvalue weighted by molar-refractivity contribution is 5.62. The third-order valence-corrected chi connectivity index (χ3v) is 6.90. The SMILES string of the molecule is C[C@@H]1CC[C@@H]2[C@@H](C1)c1ccc(OCCCCCO[N+](=O)[O-])cc1N(C)C2(C)C. The maximum Gasteiger partial charge on any atom is 0.294 e. The highest BCUT2D eigenvalue weighted by Crippen LogP contribution is 2.54. The van der Waals surface area contributed by atoms with Crippen LogP contribution in [0.2, 0.25) is 0 Å². The number of nitrogens with zero attached hydrogens (tertiary/aromatic N) is 2. The van der Waals surface area contributed by atoms with Gasteiger partial charge < -0.3 is 14.5 Å². The van der Waals surface area contributed by atoms with Crippen molar-refractivity contribution in [3.8, 4) is 5.75 Å². The molecule has 3 atom stereocenters. The normalized spacial score (nSPS) is 25.6. The molecule has 0 radical (unpaired) electrons. The first kappa shape index (κ1) is 20.7. The summed E-state index contributed by atoms with van der Waals surface area (Å²) < 4.78 is 5.97. The zero-order valence-corrected chi connectivity index (χ0v) is 17.6. The van der Waals surface area contributed by atoms with Crippen LogP contribution in [0.15, 0.2) is 18.2 Å². The first-order chi connectivity index (χ1) is 13.3. The van der Waals surface area contributed by atoms with E-state index in [1.807, 2.05) is 0 Å². The van der Waals surface area contributed by atoms with Gasteiger partial charge in [-0.3, -0.25) is 0 Å². The summed E-state index contributed by atoms with van der Waals surface area (Å²) in [6, 6.07) is 6.58. The first-order valence-electron chi connectivity index (χ1n) is 10.6. The average Bonchev–Trinajstić information content (AvgIpc) is 2.65. The fraction of sp³-hybridized carbons (Fsp3) is 0.727. The topological polar surface area (TPSA) is 64.8 Å². The monoisotopic (exact) mass is 390 g/mol. The lowest BCUT2D eigenvalue weighted by atomic mass is 9.62. The summed E-state index contributed by atoms with van der Waals surface area (Å²) in [7, 11) is 2.21. The maximum atomic E-state index is 10.1. The molecule has 0 saturated heterocycles.